The molecule has 50 heavy (non-hydrogen) atoms. The van der Waals surface area contributed by atoms with Crippen molar-refractivity contribution in [1.82, 2.24) is 20.9 Å². The van der Waals surface area contributed by atoms with Crippen molar-refractivity contribution in [2.75, 3.05) is 30.3 Å². The number of primary amides is 1. The van der Waals surface area contributed by atoms with Gasteiger partial charge in [0, 0.05) is 36.6 Å². The highest BCUT2D eigenvalue weighted by molar-refractivity contribution is 8.00. The van der Waals surface area contributed by atoms with Crippen LogP contribution in [0, 0.1) is 10.1 Å². The summed E-state index contributed by atoms with van der Waals surface area (Å²) in [5.74, 6) is -4.59. The van der Waals surface area contributed by atoms with Crippen LogP contribution in [0.15, 0.2) is 48.5 Å². The number of nitro benzene ring substituents is 1. The number of nitrogens with two attached hydrogens (primary N) is 2. The molecule has 5 amide bonds. The summed E-state index contributed by atoms with van der Waals surface area (Å²) in [6.45, 7) is -0.453. The maximum Gasteiger partial charge on any atom is 0.269 e. The van der Waals surface area contributed by atoms with Crippen molar-refractivity contribution >= 4 is 57.1 Å². The molecule has 0 unspecified atom stereocenters. The average Bonchev–Trinajstić information content (AvgIpc) is 3.56. The number of benzene rings is 2. The Morgan fingerprint density at radius 1 is 0.980 bits per heavy atom. The highest BCUT2D eigenvalue weighted by Crippen LogP contribution is 2.20. The quantitative estimate of drug-likeness (QED) is 0.0401. The van der Waals surface area contributed by atoms with E-state index in [1.807, 2.05) is 0 Å². The van der Waals surface area contributed by atoms with Gasteiger partial charge in [0.15, 0.2) is 0 Å². The maximum atomic E-state index is 13.5. The number of nitro groups is 1. The normalized spacial score (nSPS) is 16.1. The van der Waals surface area contributed by atoms with E-state index < -0.39 is 81.0 Å². The molecule has 1 saturated heterocycles. The number of carbonyl (C=O) groups excluding carboxylic acids is 5. The first-order chi connectivity index (χ1) is 23.5. The molecule has 1 fully saturated rings. The Kier molecular flexibility index (Phi) is 14.5. The summed E-state index contributed by atoms with van der Waals surface area (Å²) in [5.41, 5.74) is 12.4. The molecule has 9 N–H and O–H groups in total. The molecule has 1 aliphatic heterocycles. The minimum atomic E-state index is -4.29. The third-order valence-electron chi connectivity index (χ3n) is 7.64. The van der Waals surface area contributed by atoms with E-state index in [9.17, 15) is 47.6 Å². The molecule has 3 rings (SSSR count). The monoisotopic (exact) mass is 737 g/mol. The zero-order valence-corrected chi connectivity index (χ0v) is 28.4. The van der Waals surface area contributed by atoms with E-state index in [0.29, 0.717) is 24.0 Å². The first-order valence-electron chi connectivity index (χ1n) is 15.3. The Hall–Kier alpha value is -4.79. The number of nitrogens with zero attached hydrogens (tertiary/aromatic N) is 2. The van der Waals surface area contributed by atoms with Crippen molar-refractivity contribution < 1.29 is 47.0 Å². The Morgan fingerprint density at radius 2 is 1.60 bits per heavy atom. The number of thioether (sulfide) groups is 1. The summed E-state index contributed by atoms with van der Waals surface area (Å²) in [6.07, 6.45) is 0.780. The fourth-order valence-corrected chi connectivity index (χ4v) is 7.01. The number of aromatic hydroxyl groups is 1. The number of nitrogens with one attached hydrogen (secondary N) is 3. The number of carbonyl (C=O) groups is 5. The molecule has 0 aliphatic carbocycles. The molecule has 1 heterocycles. The highest BCUT2D eigenvalue weighted by Gasteiger charge is 2.37. The number of non-ortho nitro benzene ring substituents is 1. The number of amides is 5. The van der Waals surface area contributed by atoms with E-state index in [4.69, 9.17) is 16.0 Å². The van der Waals surface area contributed by atoms with Gasteiger partial charge in [0.1, 0.15) is 23.9 Å². The Bertz CT molecular complexity index is 1660. The molecule has 4 atom stereocenters. The van der Waals surface area contributed by atoms with Gasteiger partial charge in [0.25, 0.3) is 15.8 Å². The summed E-state index contributed by atoms with van der Waals surface area (Å²) < 4.78 is 31.3. The molecule has 0 bridgehead atoms. The van der Waals surface area contributed by atoms with Crippen LogP contribution < -0.4 is 27.4 Å². The van der Waals surface area contributed by atoms with E-state index in [-0.39, 0.29) is 42.3 Å². The zero-order chi connectivity index (χ0) is 37.0. The van der Waals surface area contributed by atoms with E-state index >= 15 is 0 Å². The van der Waals surface area contributed by atoms with Crippen molar-refractivity contribution in [2.24, 2.45) is 11.5 Å². The number of hydrogen-bond acceptors (Lipinski definition) is 12. The van der Waals surface area contributed by atoms with Gasteiger partial charge in [-0.15, -0.1) is 0 Å². The van der Waals surface area contributed by atoms with Crippen LogP contribution in [0.1, 0.15) is 24.0 Å². The van der Waals surface area contributed by atoms with Crippen LogP contribution in [0.3, 0.4) is 0 Å². The van der Waals surface area contributed by atoms with Crippen LogP contribution in [0.25, 0.3) is 0 Å². The van der Waals surface area contributed by atoms with Crippen LogP contribution in [0.5, 0.6) is 5.75 Å². The molecule has 0 radical (unpaired) electrons. The second kappa shape index (κ2) is 18.3. The molecule has 18 nitrogen and oxygen atoms in total. The second-order valence-corrected chi connectivity index (χ2v) is 14.2. The maximum absolute atomic E-state index is 13.5. The fraction of sp³-hybridized carbons (Fsp3) is 0.433. The second-order valence-electron chi connectivity index (χ2n) is 11.5. The smallest absolute Gasteiger partial charge is 0.269 e. The molecule has 0 spiro atoms. The third kappa shape index (κ3) is 12.6. The number of rotatable bonds is 18. The Morgan fingerprint density at radius 3 is 2.20 bits per heavy atom. The van der Waals surface area contributed by atoms with Crippen molar-refractivity contribution in [3.8, 4) is 5.75 Å². The van der Waals surface area contributed by atoms with Crippen LogP contribution in [-0.4, -0.2) is 112 Å². The van der Waals surface area contributed by atoms with Crippen LogP contribution >= 0.6 is 11.8 Å². The lowest BCUT2D eigenvalue weighted by Gasteiger charge is -2.28. The Balaban J connectivity index is 1.69. The topological polar surface area (TPSA) is 294 Å². The molecule has 0 saturated carbocycles. The predicted molar refractivity (Wildman–Crippen MR) is 181 cm³/mol. The summed E-state index contributed by atoms with van der Waals surface area (Å²) in [6, 6.07) is 6.71. The van der Waals surface area contributed by atoms with Crippen LogP contribution in [-0.2, 0) is 46.9 Å². The number of likely N-dealkylation sites (tertiary alicyclic amines) is 1. The fourth-order valence-electron chi connectivity index (χ4n) is 5.06. The minimum Gasteiger partial charge on any atom is -0.508 e. The molecule has 2 aromatic rings. The Labute approximate surface area is 291 Å². The molecule has 1 aliphatic rings. The van der Waals surface area contributed by atoms with Crippen molar-refractivity contribution in [3.05, 3.63) is 69.8 Å². The van der Waals surface area contributed by atoms with Crippen LogP contribution in [0.4, 0.5) is 5.69 Å². The van der Waals surface area contributed by atoms with Crippen molar-refractivity contribution in [3.63, 3.8) is 0 Å². The lowest BCUT2D eigenvalue weighted by Crippen LogP contribution is -2.56. The summed E-state index contributed by atoms with van der Waals surface area (Å²) in [4.78, 5) is 76.4. The van der Waals surface area contributed by atoms with Crippen LogP contribution in [0.2, 0.25) is 0 Å². The van der Waals surface area contributed by atoms with E-state index in [0.717, 1.165) is 11.8 Å². The lowest BCUT2D eigenvalue weighted by atomic mass is 10.0. The molecule has 0 aromatic heterocycles. The van der Waals surface area contributed by atoms with Gasteiger partial charge in [0.2, 0.25) is 29.5 Å². The molecular formula is C30H39N7O11S2. The first kappa shape index (κ1) is 39.6. The zero-order valence-electron chi connectivity index (χ0n) is 26.7. The molecule has 20 heteroatoms. The number of hydrogen-bond donors (Lipinski definition) is 7. The van der Waals surface area contributed by atoms with Gasteiger partial charge in [-0.1, -0.05) is 24.3 Å². The first-order valence-corrected chi connectivity index (χ1v) is 18.1. The van der Waals surface area contributed by atoms with Gasteiger partial charge in [-0.25, -0.2) is 0 Å². The summed E-state index contributed by atoms with van der Waals surface area (Å²) in [7, 11) is -4.29. The van der Waals surface area contributed by atoms with Gasteiger partial charge in [-0.3, -0.25) is 38.6 Å². The van der Waals surface area contributed by atoms with Gasteiger partial charge in [-0.2, -0.15) is 20.2 Å². The summed E-state index contributed by atoms with van der Waals surface area (Å²) in [5, 5.41) is 27.9. The van der Waals surface area contributed by atoms with Gasteiger partial charge in [0.05, 0.1) is 23.3 Å². The number of phenols is 1. The van der Waals surface area contributed by atoms with Crippen molar-refractivity contribution in [2.45, 2.75) is 49.9 Å². The SMILES string of the molecule is NC(=O)[C@@H]1CCCN1C(=O)[C@H](Cc1ccc([N+](=O)[O-])cc1)NC(=O)CNC(=O)[C@@H](CSCCS(=O)(=O)O)NC(=O)[C@@H](N)Cc1ccc(O)cc1. The molecule has 272 valence electrons. The van der Waals surface area contributed by atoms with Gasteiger partial charge >= 0.3 is 0 Å². The molecule has 2 aromatic carbocycles. The average molecular weight is 738 g/mol. The highest BCUT2D eigenvalue weighted by atomic mass is 32.2. The third-order valence-corrected chi connectivity index (χ3v) is 9.68. The predicted octanol–water partition coefficient (Wildman–Crippen LogP) is -1.40. The van der Waals surface area contributed by atoms with Gasteiger partial charge in [-0.05, 0) is 42.5 Å². The van der Waals surface area contributed by atoms with E-state index in [1.165, 1.54) is 41.3 Å². The minimum absolute atomic E-state index is 0.0161. The number of phenolic OH excluding ortho intramolecular Hbond substituents is 1. The molecular weight excluding hydrogens is 699 g/mol. The standard InChI is InChI=1S/C30H39N7O11S2/c31-22(14-18-5-9-21(38)10-6-18)28(41)35-24(17-49-12-13-50(46,47)48)29(42)33-16-26(39)34-23(15-19-3-7-20(8-4-19)37(44)45)30(43)36-11-1-2-25(36)27(32)40/h3-10,22-25,38H,1-2,11-17,31H2,(H2,32,40)(H,33,42)(H,34,39)(H,35,41)(H,46,47,48)/t22-,23-,24+,25-/m0/s1. The van der Waals surface area contributed by atoms with Gasteiger partial charge < -0.3 is 37.4 Å². The van der Waals surface area contributed by atoms with E-state index in [2.05, 4.69) is 16.0 Å². The lowest BCUT2D eigenvalue weighted by molar-refractivity contribution is -0.384. The largest absolute Gasteiger partial charge is 0.508 e. The van der Waals surface area contributed by atoms with Crippen molar-refractivity contribution in [1.29, 1.82) is 0 Å². The summed E-state index contributed by atoms with van der Waals surface area (Å²) >= 11 is 0.931. The van der Waals surface area contributed by atoms with E-state index in [1.54, 1.807) is 12.1 Å².